The lowest BCUT2D eigenvalue weighted by Crippen LogP contribution is -2.26. The lowest BCUT2D eigenvalue weighted by atomic mass is 10.4. The molecule has 1 atom stereocenters. The van der Waals surface area contributed by atoms with E-state index in [1.807, 2.05) is 0 Å². The van der Waals surface area contributed by atoms with E-state index in [4.69, 9.17) is 16.2 Å². The third-order valence-electron chi connectivity index (χ3n) is 0.842. The molecule has 0 fully saturated rings. The first kappa shape index (κ1) is 8.39. The van der Waals surface area contributed by atoms with E-state index in [2.05, 4.69) is 0 Å². The van der Waals surface area contributed by atoms with E-state index in [1.54, 1.807) is 6.92 Å². The summed E-state index contributed by atoms with van der Waals surface area (Å²) in [6.07, 6.45) is -0.0856. The molecule has 4 nitrogen and oxygen atoms in total. The van der Waals surface area contributed by atoms with Crippen LogP contribution in [0.2, 0.25) is 0 Å². The van der Waals surface area contributed by atoms with Crippen LogP contribution in [-0.4, -0.2) is 25.2 Å². The van der Waals surface area contributed by atoms with Gasteiger partial charge in [-0.25, -0.2) is 0 Å². The summed E-state index contributed by atoms with van der Waals surface area (Å²) in [5, 5.41) is 0. The Kier molecular flexibility index (Phi) is 4.00. The maximum absolute atomic E-state index is 10.1. The van der Waals surface area contributed by atoms with Gasteiger partial charge in [0, 0.05) is 6.54 Å². The summed E-state index contributed by atoms with van der Waals surface area (Å²) in [6.45, 7) is 2.15. The Bertz CT molecular complexity index is 95.0. The lowest BCUT2D eigenvalue weighted by molar-refractivity contribution is -0.123. The maximum Gasteiger partial charge on any atom is 0.243 e. The zero-order chi connectivity index (χ0) is 7.28. The number of hydrogen-bond acceptors (Lipinski definition) is 3. The fourth-order valence-electron chi connectivity index (χ4n) is 0.292. The number of carbonyl (C=O) groups is 1. The van der Waals surface area contributed by atoms with Crippen LogP contribution in [0.5, 0.6) is 0 Å². The molecule has 0 rings (SSSR count). The molecule has 0 radical (unpaired) electrons. The van der Waals surface area contributed by atoms with Crippen LogP contribution < -0.4 is 11.5 Å². The summed E-state index contributed by atoms with van der Waals surface area (Å²) >= 11 is 0. The van der Waals surface area contributed by atoms with Gasteiger partial charge in [-0.15, -0.1) is 0 Å². The highest BCUT2D eigenvalue weighted by Crippen LogP contribution is 1.84. The van der Waals surface area contributed by atoms with Crippen molar-refractivity contribution in [3.8, 4) is 0 Å². The van der Waals surface area contributed by atoms with Gasteiger partial charge in [0.1, 0.15) is 6.61 Å². The molecule has 1 amide bonds. The van der Waals surface area contributed by atoms with Crippen molar-refractivity contribution in [1.82, 2.24) is 0 Å². The SMILES string of the molecule is CC(CN)OCC(N)=O. The minimum Gasteiger partial charge on any atom is -0.368 e. The quantitative estimate of drug-likeness (QED) is 0.506. The normalized spacial score (nSPS) is 13.1. The summed E-state index contributed by atoms with van der Waals surface area (Å²) in [7, 11) is 0. The Hall–Kier alpha value is -0.610. The van der Waals surface area contributed by atoms with Crippen LogP contribution in [0.4, 0.5) is 0 Å². The van der Waals surface area contributed by atoms with Gasteiger partial charge in [-0.05, 0) is 6.92 Å². The number of carbonyl (C=O) groups excluding carboxylic acids is 1. The molecule has 4 heteroatoms. The number of amides is 1. The highest BCUT2D eigenvalue weighted by atomic mass is 16.5. The van der Waals surface area contributed by atoms with Gasteiger partial charge in [0.2, 0.25) is 5.91 Å². The van der Waals surface area contributed by atoms with Gasteiger partial charge in [0.15, 0.2) is 0 Å². The van der Waals surface area contributed by atoms with Crippen molar-refractivity contribution in [1.29, 1.82) is 0 Å². The van der Waals surface area contributed by atoms with Crippen molar-refractivity contribution < 1.29 is 9.53 Å². The zero-order valence-corrected chi connectivity index (χ0v) is 5.46. The van der Waals surface area contributed by atoms with E-state index in [0.717, 1.165) is 0 Å². The molecule has 0 aliphatic carbocycles. The number of hydrogen-bond donors (Lipinski definition) is 2. The average Bonchev–Trinajstić information content (AvgIpc) is 1.83. The molecule has 4 N–H and O–H groups in total. The highest BCUT2D eigenvalue weighted by Gasteiger charge is 1.99. The second-order valence-corrected chi connectivity index (χ2v) is 1.82. The van der Waals surface area contributed by atoms with E-state index in [-0.39, 0.29) is 12.7 Å². The molecule has 54 valence electrons. The fourth-order valence-corrected chi connectivity index (χ4v) is 0.292. The first-order chi connectivity index (χ1) is 4.16. The van der Waals surface area contributed by atoms with Gasteiger partial charge in [-0.1, -0.05) is 0 Å². The van der Waals surface area contributed by atoms with Crippen LogP contribution in [-0.2, 0) is 9.53 Å². The van der Waals surface area contributed by atoms with Crippen LogP contribution >= 0.6 is 0 Å². The van der Waals surface area contributed by atoms with Crippen molar-refractivity contribution in [2.45, 2.75) is 13.0 Å². The number of primary amides is 1. The summed E-state index contributed by atoms with van der Waals surface area (Å²) in [4.78, 5) is 10.1. The molecule has 0 aliphatic heterocycles. The molecule has 0 aromatic rings. The minimum atomic E-state index is -0.463. The van der Waals surface area contributed by atoms with Gasteiger partial charge in [0.25, 0.3) is 0 Å². The number of rotatable bonds is 4. The zero-order valence-electron chi connectivity index (χ0n) is 5.46. The van der Waals surface area contributed by atoms with Crippen LogP contribution in [0.3, 0.4) is 0 Å². The van der Waals surface area contributed by atoms with Crippen molar-refractivity contribution in [2.24, 2.45) is 11.5 Å². The minimum absolute atomic E-state index is 0.0433. The van der Waals surface area contributed by atoms with E-state index in [0.29, 0.717) is 6.54 Å². The third kappa shape index (κ3) is 5.26. The summed E-state index contributed by atoms with van der Waals surface area (Å²) in [6, 6.07) is 0. The number of nitrogens with two attached hydrogens (primary N) is 2. The predicted octanol–water partition coefficient (Wildman–Crippen LogP) is -1.16. The van der Waals surface area contributed by atoms with E-state index in [9.17, 15) is 4.79 Å². The molecule has 0 aliphatic rings. The monoisotopic (exact) mass is 132 g/mol. The smallest absolute Gasteiger partial charge is 0.243 e. The molecule has 0 spiro atoms. The Morgan fingerprint density at radius 2 is 2.33 bits per heavy atom. The Balaban J connectivity index is 3.16. The molecule has 0 aromatic carbocycles. The fraction of sp³-hybridized carbons (Fsp3) is 0.800. The first-order valence-corrected chi connectivity index (χ1v) is 2.76. The molecular formula is C5H12N2O2. The molecule has 0 bridgehead atoms. The second kappa shape index (κ2) is 4.29. The van der Waals surface area contributed by atoms with E-state index in [1.165, 1.54) is 0 Å². The largest absolute Gasteiger partial charge is 0.368 e. The maximum atomic E-state index is 10.1. The van der Waals surface area contributed by atoms with Gasteiger partial charge in [-0.2, -0.15) is 0 Å². The summed E-state index contributed by atoms with van der Waals surface area (Å²) in [5.41, 5.74) is 9.97. The summed E-state index contributed by atoms with van der Waals surface area (Å²) < 4.78 is 4.85. The summed E-state index contributed by atoms with van der Waals surface area (Å²) in [5.74, 6) is -0.463. The van der Waals surface area contributed by atoms with Gasteiger partial charge in [0.05, 0.1) is 6.10 Å². The third-order valence-corrected chi connectivity index (χ3v) is 0.842. The first-order valence-electron chi connectivity index (χ1n) is 2.76. The Morgan fingerprint density at radius 1 is 1.78 bits per heavy atom. The Labute approximate surface area is 54.2 Å². The van der Waals surface area contributed by atoms with Gasteiger partial charge in [-0.3, -0.25) is 4.79 Å². The van der Waals surface area contributed by atoms with E-state index >= 15 is 0 Å². The lowest BCUT2D eigenvalue weighted by Gasteiger charge is -2.06. The standard InChI is InChI=1S/C5H12N2O2/c1-4(2-6)9-3-5(7)8/h4H,2-3,6H2,1H3,(H2,7,8). The van der Waals surface area contributed by atoms with Crippen molar-refractivity contribution in [2.75, 3.05) is 13.2 Å². The van der Waals surface area contributed by atoms with Gasteiger partial charge < -0.3 is 16.2 Å². The van der Waals surface area contributed by atoms with Crippen molar-refractivity contribution in [3.63, 3.8) is 0 Å². The van der Waals surface area contributed by atoms with Gasteiger partial charge >= 0.3 is 0 Å². The average molecular weight is 132 g/mol. The van der Waals surface area contributed by atoms with Crippen LogP contribution in [0.1, 0.15) is 6.92 Å². The Morgan fingerprint density at radius 3 is 2.67 bits per heavy atom. The molecular weight excluding hydrogens is 120 g/mol. The molecule has 0 saturated carbocycles. The van der Waals surface area contributed by atoms with Crippen molar-refractivity contribution in [3.05, 3.63) is 0 Å². The van der Waals surface area contributed by atoms with Crippen molar-refractivity contribution >= 4 is 5.91 Å². The number of ether oxygens (including phenoxy) is 1. The molecule has 1 unspecified atom stereocenters. The predicted molar refractivity (Wildman–Crippen MR) is 33.7 cm³/mol. The topological polar surface area (TPSA) is 78.3 Å². The van der Waals surface area contributed by atoms with E-state index < -0.39 is 5.91 Å². The molecule has 0 aromatic heterocycles. The second-order valence-electron chi connectivity index (χ2n) is 1.82. The van der Waals surface area contributed by atoms with Crippen LogP contribution in [0, 0.1) is 0 Å². The highest BCUT2D eigenvalue weighted by molar-refractivity contribution is 5.74. The molecule has 0 heterocycles. The molecule has 9 heavy (non-hydrogen) atoms. The molecule has 0 saturated heterocycles. The van der Waals surface area contributed by atoms with Crippen LogP contribution in [0.15, 0.2) is 0 Å². The van der Waals surface area contributed by atoms with Crippen LogP contribution in [0.25, 0.3) is 0 Å².